The molecule has 1 heterocycles. The summed E-state index contributed by atoms with van der Waals surface area (Å²) in [4.78, 5) is 0. The highest BCUT2D eigenvalue weighted by Crippen LogP contribution is 2.40. The lowest BCUT2D eigenvalue weighted by atomic mass is 9.80. The van der Waals surface area contributed by atoms with Gasteiger partial charge < -0.3 is 5.32 Å². The number of piperidine rings is 1. The minimum atomic E-state index is -4.34. The van der Waals surface area contributed by atoms with Crippen molar-refractivity contribution < 1.29 is 13.2 Å². The Kier molecular flexibility index (Phi) is 3.87. The molecule has 1 saturated heterocycles. The standard InChI is InChI=1S/C13H15ClF3N/c1-8-7-18-5-4-10(8)11-3-2-9(14)6-12(11)13(15,16)17/h2-3,6,8,10,18H,4-5,7H2,1H3/t8-,10+/m0/s1. The van der Waals surface area contributed by atoms with Crippen LogP contribution in [0.4, 0.5) is 13.2 Å². The van der Waals surface area contributed by atoms with Gasteiger partial charge in [-0.1, -0.05) is 24.6 Å². The first kappa shape index (κ1) is 13.7. The molecule has 0 bridgehead atoms. The van der Waals surface area contributed by atoms with Gasteiger partial charge in [0.2, 0.25) is 0 Å². The number of halogens is 4. The maximum absolute atomic E-state index is 13.0. The van der Waals surface area contributed by atoms with E-state index >= 15 is 0 Å². The van der Waals surface area contributed by atoms with Crippen LogP contribution >= 0.6 is 11.6 Å². The van der Waals surface area contributed by atoms with E-state index in [1.54, 1.807) is 6.07 Å². The molecule has 1 aliphatic rings. The molecule has 0 radical (unpaired) electrons. The van der Waals surface area contributed by atoms with Crippen molar-refractivity contribution in [2.24, 2.45) is 5.92 Å². The predicted octanol–water partition coefficient (Wildman–Crippen LogP) is 4.07. The molecule has 0 amide bonds. The zero-order valence-electron chi connectivity index (χ0n) is 10.0. The van der Waals surface area contributed by atoms with Crippen molar-refractivity contribution in [3.8, 4) is 0 Å². The first-order chi connectivity index (χ1) is 8.39. The lowest BCUT2D eigenvalue weighted by Gasteiger charge is -2.31. The zero-order chi connectivity index (χ0) is 13.3. The van der Waals surface area contributed by atoms with Crippen LogP contribution in [-0.2, 0) is 6.18 Å². The Morgan fingerprint density at radius 2 is 2.06 bits per heavy atom. The molecule has 0 unspecified atom stereocenters. The van der Waals surface area contributed by atoms with Gasteiger partial charge in [-0.3, -0.25) is 0 Å². The molecular weight excluding hydrogens is 263 g/mol. The smallest absolute Gasteiger partial charge is 0.316 e. The monoisotopic (exact) mass is 277 g/mol. The van der Waals surface area contributed by atoms with Crippen molar-refractivity contribution >= 4 is 11.6 Å². The molecular formula is C13H15ClF3N. The van der Waals surface area contributed by atoms with E-state index in [1.807, 2.05) is 6.92 Å². The van der Waals surface area contributed by atoms with Crippen LogP contribution in [0.15, 0.2) is 18.2 Å². The fourth-order valence-corrected chi connectivity index (χ4v) is 2.75. The van der Waals surface area contributed by atoms with Crippen molar-refractivity contribution in [3.63, 3.8) is 0 Å². The molecule has 0 aromatic heterocycles. The summed E-state index contributed by atoms with van der Waals surface area (Å²) in [6, 6.07) is 4.10. The fourth-order valence-electron chi connectivity index (χ4n) is 2.57. The third kappa shape index (κ3) is 2.81. The van der Waals surface area contributed by atoms with Gasteiger partial charge in [-0.25, -0.2) is 0 Å². The minimum absolute atomic E-state index is 0.0554. The van der Waals surface area contributed by atoms with Crippen molar-refractivity contribution in [2.75, 3.05) is 13.1 Å². The fraction of sp³-hybridized carbons (Fsp3) is 0.538. The van der Waals surface area contributed by atoms with E-state index in [4.69, 9.17) is 11.6 Å². The number of alkyl halides is 3. The Morgan fingerprint density at radius 1 is 1.33 bits per heavy atom. The summed E-state index contributed by atoms with van der Waals surface area (Å²) in [5, 5.41) is 3.33. The second-order valence-corrected chi connectivity index (χ2v) is 5.24. The van der Waals surface area contributed by atoms with Gasteiger partial charge in [0.25, 0.3) is 0 Å². The van der Waals surface area contributed by atoms with Crippen LogP contribution in [0.25, 0.3) is 0 Å². The first-order valence-corrected chi connectivity index (χ1v) is 6.34. The lowest BCUT2D eigenvalue weighted by Crippen LogP contribution is -2.34. The molecule has 1 fully saturated rings. The van der Waals surface area contributed by atoms with E-state index in [0.29, 0.717) is 5.56 Å². The average molecular weight is 278 g/mol. The number of rotatable bonds is 1. The topological polar surface area (TPSA) is 12.0 Å². The van der Waals surface area contributed by atoms with Crippen molar-refractivity contribution in [2.45, 2.75) is 25.4 Å². The molecule has 1 aromatic rings. The summed E-state index contributed by atoms with van der Waals surface area (Å²) >= 11 is 5.69. The third-order valence-corrected chi connectivity index (χ3v) is 3.74. The van der Waals surface area contributed by atoms with Crippen LogP contribution in [0.5, 0.6) is 0 Å². The van der Waals surface area contributed by atoms with Gasteiger partial charge in [0.1, 0.15) is 0 Å². The molecule has 1 aliphatic heterocycles. The Morgan fingerprint density at radius 3 is 2.67 bits per heavy atom. The highest BCUT2D eigenvalue weighted by atomic mass is 35.5. The van der Waals surface area contributed by atoms with Crippen molar-refractivity contribution in [3.05, 3.63) is 34.3 Å². The van der Waals surface area contributed by atoms with Gasteiger partial charge in [0, 0.05) is 5.02 Å². The minimum Gasteiger partial charge on any atom is -0.316 e. The predicted molar refractivity (Wildman–Crippen MR) is 65.8 cm³/mol. The molecule has 0 aliphatic carbocycles. The number of nitrogens with one attached hydrogen (secondary N) is 1. The Hall–Kier alpha value is -0.740. The molecule has 1 N–H and O–H groups in total. The number of benzene rings is 1. The van der Waals surface area contributed by atoms with Gasteiger partial charge >= 0.3 is 6.18 Å². The summed E-state index contributed by atoms with van der Waals surface area (Å²) in [6.07, 6.45) is -3.61. The highest BCUT2D eigenvalue weighted by molar-refractivity contribution is 6.30. The second-order valence-electron chi connectivity index (χ2n) is 4.81. The summed E-state index contributed by atoms with van der Waals surface area (Å²) in [7, 11) is 0. The maximum Gasteiger partial charge on any atom is 0.416 e. The first-order valence-electron chi connectivity index (χ1n) is 5.97. The average Bonchev–Trinajstić information content (AvgIpc) is 2.29. The van der Waals surface area contributed by atoms with Crippen molar-refractivity contribution in [1.29, 1.82) is 0 Å². The molecule has 1 nitrogen and oxygen atoms in total. The molecule has 0 spiro atoms. The Labute approximate surface area is 109 Å². The molecule has 2 atom stereocenters. The molecule has 18 heavy (non-hydrogen) atoms. The van der Waals surface area contributed by atoms with E-state index in [9.17, 15) is 13.2 Å². The molecule has 1 aromatic carbocycles. The van der Waals surface area contributed by atoms with Crippen LogP contribution in [0.3, 0.4) is 0 Å². The zero-order valence-corrected chi connectivity index (χ0v) is 10.8. The van der Waals surface area contributed by atoms with Gasteiger partial charge in [-0.05, 0) is 49.0 Å². The van der Waals surface area contributed by atoms with Crippen LogP contribution in [-0.4, -0.2) is 13.1 Å². The molecule has 5 heteroatoms. The van der Waals surface area contributed by atoms with Crippen LogP contribution in [0.2, 0.25) is 5.02 Å². The van der Waals surface area contributed by atoms with Crippen LogP contribution in [0.1, 0.15) is 30.4 Å². The molecule has 0 saturated carbocycles. The van der Waals surface area contributed by atoms with E-state index in [-0.39, 0.29) is 16.9 Å². The van der Waals surface area contributed by atoms with E-state index in [1.165, 1.54) is 6.07 Å². The molecule has 100 valence electrons. The lowest BCUT2D eigenvalue weighted by molar-refractivity contribution is -0.138. The van der Waals surface area contributed by atoms with Crippen molar-refractivity contribution in [1.82, 2.24) is 5.32 Å². The second kappa shape index (κ2) is 5.10. The normalized spacial score (nSPS) is 25.2. The van der Waals surface area contributed by atoms with Gasteiger partial charge in [-0.2, -0.15) is 13.2 Å². The third-order valence-electron chi connectivity index (χ3n) is 3.51. The van der Waals surface area contributed by atoms with E-state index in [2.05, 4.69) is 5.32 Å². The largest absolute Gasteiger partial charge is 0.416 e. The van der Waals surface area contributed by atoms with E-state index in [0.717, 1.165) is 25.6 Å². The maximum atomic E-state index is 13.0. The van der Waals surface area contributed by atoms with Gasteiger partial charge in [-0.15, -0.1) is 0 Å². The summed E-state index contributed by atoms with van der Waals surface area (Å²) in [6.45, 7) is 3.49. The number of hydrogen-bond acceptors (Lipinski definition) is 1. The van der Waals surface area contributed by atoms with Crippen LogP contribution in [0, 0.1) is 5.92 Å². The Balaban J connectivity index is 2.43. The van der Waals surface area contributed by atoms with E-state index < -0.39 is 11.7 Å². The van der Waals surface area contributed by atoms with Gasteiger partial charge in [0.15, 0.2) is 0 Å². The summed E-state index contributed by atoms with van der Waals surface area (Å²) in [5.41, 5.74) is -0.213. The quantitative estimate of drug-likeness (QED) is 0.816. The summed E-state index contributed by atoms with van der Waals surface area (Å²) < 4.78 is 39.1. The highest BCUT2D eigenvalue weighted by Gasteiger charge is 2.37. The summed E-state index contributed by atoms with van der Waals surface area (Å²) in [5.74, 6) is 0.140. The van der Waals surface area contributed by atoms with Gasteiger partial charge in [0.05, 0.1) is 5.56 Å². The SMILES string of the molecule is C[C@H]1CNCC[C@H]1c1ccc(Cl)cc1C(F)(F)F. The van der Waals surface area contributed by atoms with Crippen LogP contribution < -0.4 is 5.32 Å². The Bertz CT molecular complexity index is 431. The number of hydrogen-bond donors (Lipinski definition) is 1. The molecule has 2 rings (SSSR count).